The fourth-order valence-electron chi connectivity index (χ4n) is 3.87. The van der Waals surface area contributed by atoms with E-state index >= 15 is 0 Å². The number of sulfonamides is 1. The molecular weight excluding hydrogens is 422 g/mol. The quantitative estimate of drug-likeness (QED) is 0.466. The molecule has 2 N–H and O–H groups in total. The van der Waals surface area contributed by atoms with Gasteiger partial charge in [0.25, 0.3) is 15.9 Å². The first kappa shape index (κ1) is 21.7. The van der Waals surface area contributed by atoms with E-state index in [0.717, 1.165) is 5.56 Å². The van der Waals surface area contributed by atoms with Gasteiger partial charge in [-0.1, -0.05) is 73.7 Å². The second-order valence-electron chi connectivity index (χ2n) is 7.42. The van der Waals surface area contributed by atoms with Gasteiger partial charge in [-0.05, 0) is 36.2 Å². The van der Waals surface area contributed by atoms with Gasteiger partial charge in [-0.25, -0.2) is 18.5 Å². The second kappa shape index (κ2) is 8.90. The number of aromatic nitrogens is 1. The van der Waals surface area contributed by atoms with Gasteiger partial charge in [-0.3, -0.25) is 4.79 Å². The third-order valence-corrected chi connectivity index (χ3v) is 6.14. The summed E-state index contributed by atoms with van der Waals surface area (Å²) in [5.74, 6) is -0.324. The molecule has 0 aliphatic carbocycles. The third-order valence-electron chi connectivity index (χ3n) is 5.35. The van der Waals surface area contributed by atoms with E-state index in [-0.39, 0.29) is 22.5 Å². The molecule has 0 fully saturated rings. The van der Waals surface area contributed by atoms with Gasteiger partial charge in [0.2, 0.25) is 0 Å². The molecule has 1 heterocycles. The fourth-order valence-corrected chi connectivity index (χ4v) is 4.38. The van der Waals surface area contributed by atoms with Crippen molar-refractivity contribution in [1.82, 2.24) is 4.98 Å². The number of fused-ring (bicyclic) bond motifs is 1. The van der Waals surface area contributed by atoms with Crippen LogP contribution >= 0.6 is 0 Å². The molecule has 1 aromatic heterocycles. The summed E-state index contributed by atoms with van der Waals surface area (Å²) in [7, 11) is -4.10. The van der Waals surface area contributed by atoms with Gasteiger partial charge in [-0.2, -0.15) is 0 Å². The van der Waals surface area contributed by atoms with Crippen LogP contribution in [-0.2, 0) is 10.0 Å². The van der Waals surface area contributed by atoms with Crippen LogP contribution in [0.25, 0.3) is 10.9 Å². The van der Waals surface area contributed by atoms with Gasteiger partial charge in [0.15, 0.2) is 5.03 Å². The average Bonchev–Trinajstić information content (AvgIpc) is 2.82. The lowest BCUT2D eigenvalue weighted by Crippen LogP contribution is -2.35. The number of primary sulfonamides is 1. The summed E-state index contributed by atoms with van der Waals surface area (Å²) < 4.78 is 24.2. The zero-order chi connectivity index (χ0) is 22.7. The molecular formula is C25H23N3O3S. The molecule has 162 valence electrons. The monoisotopic (exact) mass is 445 g/mol. The molecule has 7 heteroatoms. The number of anilines is 1. The summed E-state index contributed by atoms with van der Waals surface area (Å²) in [5.41, 5.74) is 2.32. The number of rotatable bonds is 6. The Balaban J connectivity index is 1.95. The molecule has 4 aromatic rings. The van der Waals surface area contributed by atoms with Crippen molar-refractivity contribution >= 4 is 32.5 Å². The molecule has 32 heavy (non-hydrogen) atoms. The Morgan fingerprint density at radius 2 is 1.53 bits per heavy atom. The summed E-state index contributed by atoms with van der Waals surface area (Å²) in [6.07, 6.45) is 0.662. The number of benzene rings is 3. The predicted octanol–water partition coefficient (Wildman–Crippen LogP) is 4.68. The van der Waals surface area contributed by atoms with Gasteiger partial charge < -0.3 is 4.90 Å². The Labute approximate surface area is 187 Å². The Morgan fingerprint density at radius 3 is 2.16 bits per heavy atom. The lowest BCUT2D eigenvalue weighted by molar-refractivity contribution is 0.0977. The van der Waals surface area contributed by atoms with Crippen molar-refractivity contribution in [3.8, 4) is 0 Å². The zero-order valence-electron chi connectivity index (χ0n) is 17.5. The number of nitrogens with two attached hydrogens (primary N) is 1. The molecule has 1 atom stereocenters. The van der Waals surface area contributed by atoms with Crippen LogP contribution < -0.4 is 10.0 Å². The average molecular weight is 446 g/mol. The van der Waals surface area contributed by atoms with Crippen LogP contribution in [0.4, 0.5) is 5.69 Å². The normalized spacial score (nSPS) is 12.4. The molecule has 6 nitrogen and oxygen atoms in total. The molecule has 1 amide bonds. The largest absolute Gasteiger partial charge is 0.301 e. The van der Waals surface area contributed by atoms with E-state index in [2.05, 4.69) is 4.98 Å². The van der Waals surface area contributed by atoms with Crippen molar-refractivity contribution in [1.29, 1.82) is 0 Å². The van der Waals surface area contributed by atoms with Gasteiger partial charge >= 0.3 is 0 Å². The molecule has 4 rings (SSSR count). The topological polar surface area (TPSA) is 93.4 Å². The summed E-state index contributed by atoms with van der Waals surface area (Å²) >= 11 is 0. The van der Waals surface area contributed by atoms with Crippen molar-refractivity contribution in [2.45, 2.75) is 24.4 Å². The number of para-hydroxylation sites is 2. The van der Waals surface area contributed by atoms with E-state index in [1.807, 2.05) is 67.6 Å². The van der Waals surface area contributed by atoms with Crippen LogP contribution in [0.2, 0.25) is 0 Å². The van der Waals surface area contributed by atoms with Gasteiger partial charge in [0.05, 0.1) is 17.1 Å². The lowest BCUT2D eigenvalue weighted by Gasteiger charge is -2.32. The van der Waals surface area contributed by atoms with Crippen molar-refractivity contribution < 1.29 is 13.2 Å². The van der Waals surface area contributed by atoms with Crippen LogP contribution in [0.15, 0.2) is 96.0 Å². The maximum absolute atomic E-state index is 14.1. The Bertz CT molecular complexity index is 1360. The van der Waals surface area contributed by atoms with Gasteiger partial charge in [0, 0.05) is 11.1 Å². The second-order valence-corrected chi connectivity index (χ2v) is 8.92. The zero-order valence-corrected chi connectivity index (χ0v) is 18.4. The number of pyridine rings is 1. The summed E-state index contributed by atoms with van der Waals surface area (Å²) in [5, 5.41) is 5.60. The Kier molecular flexibility index (Phi) is 6.03. The predicted molar refractivity (Wildman–Crippen MR) is 126 cm³/mol. The number of hydrogen-bond acceptors (Lipinski definition) is 4. The standard InChI is InChI=1S/C25H23N3O3S/c1-2-23(18-11-5-3-6-12-18)28(19-13-7-4-8-14-19)25(29)21-17-24(32(26,30)31)27-22-16-10-9-15-20(21)22/h3-17,23H,2H2,1H3,(H2,26,30,31)/t23-/m0/s1. The number of carbonyl (C=O) groups excluding carboxylic acids is 1. The summed E-state index contributed by atoms with van der Waals surface area (Å²) in [6, 6.07) is 27.1. The van der Waals surface area contributed by atoms with E-state index in [4.69, 9.17) is 5.14 Å². The fraction of sp³-hybridized carbons (Fsp3) is 0.120. The minimum Gasteiger partial charge on any atom is -0.301 e. The lowest BCUT2D eigenvalue weighted by atomic mass is 9.99. The SMILES string of the molecule is CC[C@@H](c1ccccc1)N(C(=O)c1cc(S(N)(=O)=O)nc2ccccc12)c1ccccc1. The number of amides is 1. The molecule has 0 saturated carbocycles. The van der Waals surface area contributed by atoms with E-state index in [9.17, 15) is 13.2 Å². The van der Waals surface area contributed by atoms with Crippen LogP contribution in [0.5, 0.6) is 0 Å². The first-order chi connectivity index (χ1) is 15.4. The maximum Gasteiger partial charge on any atom is 0.259 e. The van der Waals surface area contributed by atoms with Crippen LogP contribution in [0, 0.1) is 0 Å². The highest BCUT2D eigenvalue weighted by Crippen LogP contribution is 2.33. The molecule has 0 saturated heterocycles. The highest BCUT2D eigenvalue weighted by molar-refractivity contribution is 7.89. The number of nitrogens with zero attached hydrogens (tertiary/aromatic N) is 2. The number of hydrogen-bond donors (Lipinski definition) is 1. The van der Waals surface area contributed by atoms with E-state index in [0.29, 0.717) is 23.0 Å². The Morgan fingerprint density at radius 1 is 0.938 bits per heavy atom. The van der Waals surface area contributed by atoms with E-state index in [1.165, 1.54) is 6.07 Å². The first-order valence-corrected chi connectivity index (χ1v) is 11.8. The molecule has 0 radical (unpaired) electrons. The smallest absolute Gasteiger partial charge is 0.259 e. The van der Waals surface area contributed by atoms with Crippen molar-refractivity contribution in [3.05, 3.63) is 102 Å². The van der Waals surface area contributed by atoms with Gasteiger partial charge in [0.1, 0.15) is 0 Å². The number of carbonyl (C=O) groups is 1. The minimum absolute atomic E-state index is 0.234. The summed E-state index contributed by atoms with van der Waals surface area (Å²) in [6.45, 7) is 2.02. The van der Waals surface area contributed by atoms with E-state index < -0.39 is 10.0 Å². The molecule has 0 aliphatic heterocycles. The van der Waals surface area contributed by atoms with Crippen molar-refractivity contribution in [3.63, 3.8) is 0 Å². The van der Waals surface area contributed by atoms with E-state index in [1.54, 1.807) is 29.2 Å². The Hall–Kier alpha value is -3.55. The first-order valence-electron chi connectivity index (χ1n) is 10.3. The van der Waals surface area contributed by atoms with Crippen LogP contribution in [-0.4, -0.2) is 19.3 Å². The maximum atomic E-state index is 14.1. The van der Waals surface area contributed by atoms with Crippen molar-refractivity contribution in [2.24, 2.45) is 5.14 Å². The van der Waals surface area contributed by atoms with Crippen molar-refractivity contribution in [2.75, 3.05) is 4.90 Å². The van der Waals surface area contributed by atoms with Gasteiger partial charge in [-0.15, -0.1) is 0 Å². The van der Waals surface area contributed by atoms with Crippen LogP contribution in [0.1, 0.15) is 35.3 Å². The molecule has 0 unspecified atom stereocenters. The third kappa shape index (κ3) is 4.26. The highest BCUT2D eigenvalue weighted by Gasteiger charge is 2.29. The molecule has 0 bridgehead atoms. The molecule has 0 spiro atoms. The molecule has 0 aliphatic rings. The summed E-state index contributed by atoms with van der Waals surface area (Å²) in [4.78, 5) is 19.9. The highest BCUT2D eigenvalue weighted by atomic mass is 32.2. The van der Waals surface area contributed by atoms with Crippen LogP contribution in [0.3, 0.4) is 0 Å². The minimum atomic E-state index is -4.10. The molecule has 3 aromatic carbocycles.